The van der Waals surface area contributed by atoms with Crippen LogP contribution in [0.3, 0.4) is 0 Å². The highest BCUT2D eigenvalue weighted by Crippen LogP contribution is 2.17. The van der Waals surface area contributed by atoms with Crippen LogP contribution in [0.4, 0.5) is 5.82 Å². The van der Waals surface area contributed by atoms with Crippen LogP contribution in [-0.4, -0.2) is 72.4 Å². The fourth-order valence-corrected chi connectivity index (χ4v) is 3.21. The number of anilines is 1. The van der Waals surface area contributed by atoms with Crippen molar-refractivity contribution in [3.8, 4) is 0 Å². The fourth-order valence-electron chi connectivity index (χ4n) is 2.12. The summed E-state index contributed by atoms with van der Waals surface area (Å²) in [5, 5.41) is 9.52. The maximum absolute atomic E-state index is 12.0. The van der Waals surface area contributed by atoms with Gasteiger partial charge in [0, 0.05) is 46.5 Å². The van der Waals surface area contributed by atoms with Gasteiger partial charge in [0.05, 0.1) is 0 Å². The summed E-state index contributed by atoms with van der Waals surface area (Å²) in [6.45, 7) is 3.55. The Kier molecular flexibility index (Phi) is 4.77. The average Bonchev–Trinajstić information content (AvgIpc) is 2.47. The Labute approximate surface area is 125 Å². The van der Waals surface area contributed by atoms with Gasteiger partial charge in [-0.2, -0.15) is 17.0 Å². The molecule has 118 valence electrons. The smallest absolute Gasteiger partial charge is 0.281 e. The van der Waals surface area contributed by atoms with Crippen LogP contribution in [0.15, 0.2) is 12.3 Å². The Balaban J connectivity index is 2.06. The molecule has 0 aromatic carbocycles. The van der Waals surface area contributed by atoms with Crippen LogP contribution in [0.25, 0.3) is 0 Å². The first-order chi connectivity index (χ1) is 9.82. The van der Waals surface area contributed by atoms with Crippen molar-refractivity contribution in [1.82, 2.24) is 18.6 Å². The van der Waals surface area contributed by atoms with Gasteiger partial charge in [-0.05, 0) is 13.0 Å². The molecule has 1 aromatic heterocycles. The summed E-state index contributed by atoms with van der Waals surface area (Å²) in [5.74, 6) is 1.08. The molecule has 2 rings (SSSR count). The van der Waals surface area contributed by atoms with Crippen molar-refractivity contribution < 1.29 is 13.5 Å². The van der Waals surface area contributed by atoms with Gasteiger partial charge in [0.15, 0.2) is 5.82 Å². The molecule has 0 amide bonds. The second-order valence-electron chi connectivity index (χ2n) is 5.13. The van der Waals surface area contributed by atoms with E-state index in [1.165, 1.54) is 22.7 Å². The number of aliphatic hydroxyl groups excluding tert-OH is 1. The lowest BCUT2D eigenvalue weighted by atomic mass is 10.3. The number of rotatable bonds is 4. The summed E-state index contributed by atoms with van der Waals surface area (Å²) < 4.78 is 26.8. The third-order valence-corrected chi connectivity index (χ3v) is 5.32. The Bertz CT molecular complexity index is 582. The first-order valence-corrected chi connectivity index (χ1v) is 8.15. The molecule has 0 unspecified atom stereocenters. The third kappa shape index (κ3) is 3.49. The van der Waals surface area contributed by atoms with Crippen LogP contribution in [0.1, 0.15) is 18.9 Å². The van der Waals surface area contributed by atoms with E-state index in [0.29, 0.717) is 37.8 Å². The van der Waals surface area contributed by atoms with Gasteiger partial charge < -0.3 is 10.0 Å². The van der Waals surface area contributed by atoms with Gasteiger partial charge >= 0.3 is 0 Å². The van der Waals surface area contributed by atoms with Crippen molar-refractivity contribution in [3.05, 3.63) is 18.1 Å². The van der Waals surface area contributed by atoms with E-state index in [9.17, 15) is 13.5 Å². The predicted molar refractivity (Wildman–Crippen MR) is 79.1 cm³/mol. The predicted octanol–water partition coefficient (Wildman–Crippen LogP) is -0.542. The molecular formula is C12H21N5O3S. The van der Waals surface area contributed by atoms with Gasteiger partial charge in [0.1, 0.15) is 11.9 Å². The minimum atomic E-state index is -3.36. The Morgan fingerprint density at radius 1 is 1.29 bits per heavy atom. The summed E-state index contributed by atoms with van der Waals surface area (Å²) in [5.41, 5.74) is 0. The van der Waals surface area contributed by atoms with Gasteiger partial charge in [-0.3, -0.25) is 0 Å². The first kappa shape index (κ1) is 16.1. The summed E-state index contributed by atoms with van der Waals surface area (Å²) in [7, 11) is -0.302. The normalized spacial score (nSPS) is 19.0. The maximum atomic E-state index is 12.0. The quantitative estimate of drug-likeness (QED) is 0.802. The van der Waals surface area contributed by atoms with Crippen LogP contribution in [-0.2, 0) is 10.2 Å². The molecule has 1 aromatic rings. The van der Waals surface area contributed by atoms with Crippen LogP contribution < -0.4 is 4.90 Å². The average molecular weight is 315 g/mol. The largest absolute Gasteiger partial charge is 0.385 e. The van der Waals surface area contributed by atoms with Crippen molar-refractivity contribution in [3.63, 3.8) is 0 Å². The van der Waals surface area contributed by atoms with Crippen molar-refractivity contribution in [1.29, 1.82) is 0 Å². The minimum Gasteiger partial charge on any atom is -0.385 e. The standard InChI is InChI=1S/C12H21N5O3S/c1-10(18)12-13-5-4-11(14-12)16-6-8-17(9-7-16)21(19,20)15(2)3/h4-5,10,18H,6-9H2,1-3H3/t10-/m0/s1. The number of aliphatic hydroxyl groups is 1. The molecule has 1 aliphatic rings. The lowest BCUT2D eigenvalue weighted by Gasteiger charge is -2.35. The SMILES string of the molecule is C[C@H](O)c1nccc(N2CCN(S(=O)(=O)N(C)C)CC2)n1. The number of nitrogens with zero attached hydrogens (tertiary/aromatic N) is 5. The summed E-state index contributed by atoms with van der Waals surface area (Å²) in [6.07, 6.45) is 0.883. The summed E-state index contributed by atoms with van der Waals surface area (Å²) in [6, 6.07) is 1.77. The van der Waals surface area contributed by atoms with Crippen molar-refractivity contribution in [2.24, 2.45) is 0 Å². The zero-order valence-corrected chi connectivity index (χ0v) is 13.3. The molecule has 0 bridgehead atoms. The number of piperazine rings is 1. The second kappa shape index (κ2) is 6.22. The van der Waals surface area contributed by atoms with Crippen molar-refractivity contribution in [2.75, 3.05) is 45.2 Å². The molecule has 0 spiro atoms. The molecule has 0 saturated carbocycles. The molecule has 1 aliphatic heterocycles. The highest BCUT2D eigenvalue weighted by molar-refractivity contribution is 7.86. The Morgan fingerprint density at radius 3 is 2.43 bits per heavy atom. The van der Waals surface area contributed by atoms with E-state index in [4.69, 9.17) is 0 Å². The second-order valence-corrected chi connectivity index (χ2v) is 7.27. The van der Waals surface area contributed by atoms with Crippen LogP contribution >= 0.6 is 0 Å². The van der Waals surface area contributed by atoms with Crippen molar-refractivity contribution in [2.45, 2.75) is 13.0 Å². The third-order valence-electron chi connectivity index (χ3n) is 3.38. The minimum absolute atomic E-state index is 0.371. The van der Waals surface area contributed by atoms with E-state index in [1.54, 1.807) is 19.2 Å². The lowest BCUT2D eigenvalue weighted by molar-refractivity contribution is 0.189. The van der Waals surface area contributed by atoms with Crippen molar-refractivity contribution >= 4 is 16.0 Å². The molecule has 8 nitrogen and oxygen atoms in total. The Morgan fingerprint density at radius 2 is 1.90 bits per heavy atom. The summed E-state index contributed by atoms with van der Waals surface area (Å²) >= 11 is 0. The molecule has 1 fully saturated rings. The maximum Gasteiger partial charge on any atom is 0.281 e. The topological polar surface area (TPSA) is 89.9 Å². The lowest BCUT2D eigenvalue weighted by Crippen LogP contribution is -2.51. The molecule has 1 N–H and O–H groups in total. The fraction of sp³-hybridized carbons (Fsp3) is 0.667. The zero-order valence-electron chi connectivity index (χ0n) is 12.5. The van der Waals surface area contributed by atoms with Gasteiger partial charge in [0.25, 0.3) is 10.2 Å². The monoisotopic (exact) mass is 315 g/mol. The zero-order chi connectivity index (χ0) is 15.6. The number of aromatic nitrogens is 2. The molecule has 21 heavy (non-hydrogen) atoms. The van der Waals surface area contributed by atoms with E-state index in [0.717, 1.165) is 0 Å². The molecule has 1 saturated heterocycles. The first-order valence-electron chi connectivity index (χ1n) is 6.76. The van der Waals surface area contributed by atoms with E-state index in [-0.39, 0.29) is 0 Å². The highest BCUT2D eigenvalue weighted by Gasteiger charge is 2.29. The van der Waals surface area contributed by atoms with Crippen LogP contribution in [0.2, 0.25) is 0 Å². The molecule has 0 radical (unpaired) electrons. The molecule has 9 heteroatoms. The van der Waals surface area contributed by atoms with Crippen LogP contribution in [0, 0.1) is 0 Å². The summed E-state index contributed by atoms with van der Waals surface area (Å²) in [4.78, 5) is 10.3. The van der Waals surface area contributed by atoms with E-state index >= 15 is 0 Å². The van der Waals surface area contributed by atoms with E-state index in [2.05, 4.69) is 9.97 Å². The van der Waals surface area contributed by atoms with Gasteiger partial charge in [-0.15, -0.1) is 0 Å². The molecular weight excluding hydrogens is 294 g/mol. The molecule has 1 atom stereocenters. The van der Waals surface area contributed by atoms with Gasteiger partial charge in [0.2, 0.25) is 0 Å². The number of hydrogen-bond acceptors (Lipinski definition) is 6. The van der Waals surface area contributed by atoms with Gasteiger partial charge in [-0.25, -0.2) is 9.97 Å². The molecule has 2 heterocycles. The molecule has 0 aliphatic carbocycles. The van der Waals surface area contributed by atoms with Crippen LogP contribution in [0.5, 0.6) is 0 Å². The van der Waals surface area contributed by atoms with E-state index in [1.807, 2.05) is 4.90 Å². The number of hydrogen-bond donors (Lipinski definition) is 1. The highest BCUT2D eigenvalue weighted by atomic mass is 32.2. The Hall–Kier alpha value is -1.29. The van der Waals surface area contributed by atoms with E-state index < -0.39 is 16.3 Å². The van der Waals surface area contributed by atoms with Gasteiger partial charge in [-0.1, -0.05) is 0 Å².